The lowest BCUT2D eigenvalue weighted by Gasteiger charge is -2.26. The summed E-state index contributed by atoms with van der Waals surface area (Å²) in [6.45, 7) is 1.03. The maximum absolute atomic E-state index is 9.10. The monoisotopic (exact) mass is 274 g/mol. The third-order valence-electron chi connectivity index (χ3n) is 3.37. The van der Waals surface area contributed by atoms with E-state index in [4.69, 9.17) is 16.7 Å². The second-order valence-corrected chi connectivity index (χ2v) is 6.17. The molecule has 3 nitrogen and oxygen atoms in total. The second kappa shape index (κ2) is 6.03. The third kappa shape index (κ3) is 3.33. The molecule has 1 aromatic heterocycles. The topological polar surface area (TPSA) is 36.4 Å². The molecule has 0 saturated heterocycles. The summed E-state index contributed by atoms with van der Waals surface area (Å²) in [6.07, 6.45) is 6.77. The van der Waals surface area contributed by atoms with Gasteiger partial charge in [0.05, 0.1) is 11.5 Å². The van der Waals surface area contributed by atoms with Gasteiger partial charge in [-0.15, -0.1) is 0 Å². The van der Waals surface area contributed by atoms with Crippen LogP contribution in [0.4, 0.5) is 5.13 Å². The van der Waals surface area contributed by atoms with Crippen molar-refractivity contribution in [1.82, 2.24) is 4.98 Å². The summed E-state index contributed by atoms with van der Waals surface area (Å²) in [7, 11) is 2.06. The molecule has 0 amide bonds. The lowest BCUT2D eigenvalue weighted by Crippen LogP contribution is -2.26. The van der Waals surface area contributed by atoms with Gasteiger partial charge in [-0.05, 0) is 18.8 Å². The van der Waals surface area contributed by atoms with Gasteiger partial charge in [-0.25, -0.2) is 4.98 Å². The fourth-order valence-corrected chi connectivity index (χ4v) is 3.51. The molecule has 96 valence electrons. The molecule has 1 N–H and O–H groups in total. The van der Waals surface area contributed by atoms with Crippen molar-refractivity contribution in [2.75, 3.05) is 18.5 Å². The van der Waals surface area contributed by atoms with Crippen LogP contribution in [0, 0.1) is 5.92 Å². The van der Waals surface area contributed by atoms with Crippen LogP contribution >= 0.6 is 22.9 Å². The van der Waals surface area contributed by atoms with Crippen molar-refractivity contribution in [3.05, 3.63) is 10.0 Å². The van der Waals surface area contributed by atoms with Gasteiger partial charge in [0.25, 0.3) is 0 Å². The molecule has 5 heteroatoms. The molecule has 0 radical (unpaired) electrons. The minimum atomic E-state index is -0.0201. The van der Waals surface area contributed by atoms with E-state index < -0.39 is 0 Å². The number of aromatic nitrogens is 1. The van der Waals surface area contributed by atoms with Crippen LogP contribution in [-0.4, -0.2) is 23.7 Å². The highest BCUT2D eigenvalue weighted by molar-refractivity contribution is 7.16. The summed E-state index contributed by atoms with van der Waals surface area (Å²) in [4.78, 5) is 7.23. The first kappa shape index (κ1) is 13.1. The highest BCUT2D eigenvalue weighted by atomic mass is 35.5. The number of aliphatic hydroxyl groups is 1. The summed E-state index contributed by atoms with van der Waals surface area (Å²) >= 11 is 7.43. The fraction of sp³-hybridized carbons (Fsp3) is 0.750. The van der Waals surface area contributed by atoms with Gasteiger partial charge in [0, 0.05) is 13.6 Å². The zero-order valence-electron chi connectivity index (χ0n) is 10.2. The fourth-order valence-electron chi connectivity index (χ4n) is 2.42. The number of hydrogen-bond acceptors (Lipinski definition) is 4. The first-order chi connectivity index (χ1) is 8.20. The Morgan fingerprint density at radius 1 is 1.41 bits per heavy atom. The standard InChI is InChI=1S/C12H19ClN2OS/c1-15(7-9-5-3-2-4-6-9)12-14-11(13)10(8-16)17-12/h9,16H,2-8H2,1H3. The van der Waals surface area contributed by atoms with E-state index >= 15 is 0 Å². The Kier molecular flexibility index (Phi) is 4.65. The van der Waals surface area contributed by atoms with Crippen LogP contribution in [0.3, 0.4) is 0 Å². The van der Waals surface area contributed by atoms with E-state index in [9.17, 15) is 0 Å². The Labute approximate surface area is 111 Å². The second-order valence-electron chi connectivity index (χ2n) is 4.75. The predicted octanol–water partition coefficient (Wildman–Crippen LogP) is 3.31. The van der Waals surface area contributed by atoms with Crippen LogP contribution < -0.4 is 4.90 Å². The normalized spacial score (nSPS) is 17.4. The number of aliphatic hydroxyl groups excluding tert-OH is 1. The van der Waals surface area contributed by atoms with Gasteiger partial charge in [0.15, 0.2) is 5.13 Å². The maximum Gasteiger partial charge on any atom is 0.186 e. The molecule has 17 heavy (non-hydrogen) atoms. The Morgan fingerprint density at radius 3 is 2.71 bits per heavy atom. The van der Waals surface area contributed by atoms with Gasteiger partial charge in [-0.1, -0.05) is 42.2 Å². The summed E-state index contributed by atoms with van der Waals surface area (Å²) in [6, 6.07) is 0. The van der Waals surface area contributed by atoms with E-state index in [0.29, 0.717) is 5.15 Å². The van der Waals surface area contributed by atoms with Crippen molar-refractivity contribution in [1.29, 1.82) is 0 Å². The average molecular weight is 275 g/mol. The Balaban J connectivity index is 1.95. The third-order valence-corrected chi connectivity index (χ3v) is 4.94. The largest absolute Gasteiger partial charge is 0.391 e. The molecule has 1 fully saturated rings. The van der Waals surface area contributed by atoms with Crippen LogP contribution in [-0.2, 0) is 6.61 Å². The van der Waals surface area contributed by atoms with Crippen LogP contribution in [0.2, 0.25) is 5.15 Å². The maximum atomic E-state index is 9.10. The van der Waals surface area contributed by atoms with E-state index in [-0.39, 0.29) is 6.61 Å². The van der Waals surface area contributed by atoms with Gasteiger partial charge in [-0.2, -0.15) is 0 Å². The van der Waals surface area contributed by atoms with Gasteiger partial charge < -0.3 is 10.0 Å². The van der Waals surface area contributed by atoms with E-state index in [1.54, 1.807) is 0 Å². The summed E-state index contributed by atoms with van der Waals surface area (Å²) in [5, 5.41) is 10.5. The van der Waals surface area contributed by atoms with Crippen molar-refractivity contribution in [2.45, 2.75) is 38.7 Å². The van der Waals surface area contributed by atoms with Gasteiger partial charge in [0.2, 0.25) is 0 Å². The molecular formula is C12H19ClN2OS. The molecule has 1 heterocycles. The number of thiazole rings is 1. The predicted molar refractivity (Wildman–Crippen MR) is 72.9 cm³/mol. The molecule has 1 aliphatic rings. The number of anilines is 1. The molecule has 0 aliphatic heterocycles. The van der Waals surface area contributed by atoms with E-state index in [1.165, 1.54) is 43.4 Å². The Morgan fingerprint density at radius 2 is 2.12 bits per heavy atom. The first-order valence-electron chi connectivity index (χ1n) is 6.18. The quantitative estimate of drug-likeness (QED) is 0.915. The number of rotatable bonds is 4. The summed E-state index contributed by atoms with van der Waals surface area (Å²) < 4.78 is 0. The minimum absolute atomic E-state index is 0.0201. The number of halogens is 1. The first-order valence-corrected chi connectivity index (χ1v) is 7.37. The van der Waals surface area contributed by atoms with Crippen LogP contribution in [0.25, 0.3) is 0 Å². The van der Waals surface area contributed by atoms with Crippen molar-refractivity contribution in [3.8, 4) is 0 Å². The number of hydrogen-bond donors (Lipinski definition) is 1. The van der Waals surface area contributed by atoms with Gasteiger partial charge in [0.1, 0.15) is 5.15 Å². The zero-order chi connectivity index (χ0) is 12.3. The molecule has 0 bridgehead atoms. The lowest BCUT2D eigenvalue weighted by atomic mass is 9.89. The van der Waals surface area contributed by atoms with Gasteiger partial charge in [-0.3, -0.25) is 0 Å². The SMILES string of the molecule is CN(CC1CCCCC1)c1nc(Cl)c(CO)s1. The van der Waals surface area contributed by atoms with E-state index in [0.717, 1.165) is 22.5 Å². The summed E-state index contributed by atoms with van der Waals surface area (Å²) in [5.41, 5.74) is 0. The molecule has 1 saturated carbocycles. The number of nitrogens with zero attached hydrogens (tertiary/aromatic N) is 2. The molecule has 2 rings (SSSR count). The smallest absolute Gasteiger partial charge is 0.186 e. The Bertz CT molecular complexity index is 363. The van der Waals surface area contributed by atoms with Crippen LogP contribution in [0.1, 0.15) is 37.0 Å². The lowest BCUT2D eigenvalue weighted by molar-refractivity contribution is 0.285. The van der Waals surface area contributed by atoms with Gasteiger partial charge >= 0.3 is 0 Å². The molecule has 1 aromatic rings. The average Bonchev–Trinajstić information content (AvgIpc) is 2.72. The highest BCUT2D eigenvalue weighted by Crippen LogP contribution is 2.31. The van der Waals surface area contributed by atoms with E-state index in [2.05, 4.69) is 16.9 Å². The molecule has 0 atom stereocenters. The molecule has 0 spiro atoms. The van der Waals surface area contributed by atoms with Crippen molar-refractivity contribution in [2.24, 2.45) is 5.92 Å². The van der Waals surface area contributed by atoms with Crippen molar-refractivity contribution >= 4 is 28.1 Å². The molecular weight excluding hydrogens is 256 g/mol. The minimum Gasteiger partial charge on any atom is -0.391 e. The molecule has 1 aliphatic carbocycles. The Hall–Kier alpha value is -0.320. The van der Waals surface area contributed by atoms with Crippen molar-refractivity contribution < 1.29 is 5.11 Å². The van der Waals surface area contributed by atoms with Crippen LogP contribution in [0.5, 0.6) is 0 Å². The highest BCUT2D eigenvalue weighted by Gasteiger charge is 2.18. The van der Waals surface area contributed by atoms with Crippen molar-refractivity contribution in [3.63, 3.8) is 0 Å². The molecule has 0 aromatic carbocycles. The summed E-state index contributed by atoms with van der Waals surface area (Å²) in [5.74, 6) is 0.786. The van der Waals surface area contributed by atoms with Crippen LogP contribution in [0.15, 0.2) is 0 Å². The zero-order valence-corrected chi connectivity index (χ0v) is 11.7. The van der Waals surface area contributed by atoms with E-state index in [1.807, 2.05) is 0 Å². The molecule has 0 unspecified atom stereocenters.